The highest BCUT2D eigenvalue weighted by molar-refractivity contribution is 7.09. The predicted octanol–water partition coefficient (Wildman–Crippen LogP) is 3.15. The van der Waals surface area contributed by atoms with Crippen molar-refractivity contribution < 1.29 is 9.59 Å². The maximum absolute atomic E-state index is 13.0. The zero-order valence-corrected chi connectivity index (χ0v) is 16.2. The average molecular weight is 372 g/mol. The van der Waals surface area contributed by atoms with Crippen LogP contribution in [0.5, 0.6) is 0 Å². The Morgan fingerprint density at radius 2 is 2.04 bits per heavy atom. The summed E-state index contributed by atoms with van der Waals surface area (Å²) in [5.74, 6) is -0.00787. The lowest BCUT2D eigenvalue weighted by molar-refractivity contribution is -0.135. The molecule has 0 unspecified atom stereocenters. The van der Waals surface area contributed by atoms with Crippen molar-refractivity contribution >= 4 is 23.2 Å². The van der Waals surface area contributed by atoms with E-state index in [1.165, 1.54) is 4.88 Å². The zero-order valence-electron chi connectivity index (χ0n) is 15.4. The van der Waals surface area contributed by atoms with Crippen LogP contribution in [0.1, 0.15) is 40.2 Å². The number of thiazole rings is 1. The molecular weight excluding hydrogens is 346 g/mol. The molecule has 0 aliphatic carbocycles. The second-order valence-corrected chi connectivity index (χ2v) is 7.69. The van der Waals surface area contributed by atoms with Gasteiger partial charge in [-0.15, -0.1) is 11.3 Å². The van der Waals surface area contributed by atoms with E-state index in [-0.39, 0.29) is 17.9 Å². The van der Waals surface area contributed by atoms with E-state index < -0.39 is 0 Å². The van der Waals surface area contributed by atoms with E-state index in [1.54, 1.807) is 21.1 Å². The summed E-state index contributed by atoms with van der Waals surface area (Å²) >= 11 is 1.63. The number of amides is 2. The molecule has 1 aliphatic heterocycles. The Balaban J connectivity index is 1.67. The van der Waals surface area contributed by atoms with E-state index in [9.17, 15) is 9.59 Å². The van der Waals surface area contributed by atoms with Gasteiger partial charge in [-0.05, 0) is 38.3 Å². The molecule has 0 bridgehead atoms. The van der Waals surface area contributed by atoms with Crippen molar-refractivity contribution in [3.05, 3.63) is 52.0 Å². The summed E-state index contributed by atoms with van der Waals surface area (Å²) in [6, 6.07) is 8.88. The largest absolute Gasteiger partial charge is 0.344 e. The third kappa shape index (κ3) is 4.12. The fraction of sp³-hybridized carbons (Fsp3) is 0.450. The number of piperidine rings is 1. The van der Waals surface area contributed by atoms with E-state index in [1.807, 2.05) is 49.8 Å². The molecule has 138 valence electrons. The van der Waals surface area contributed by atoms with Crippen molar-refractivity contribution in [2.45, 2.75) is 38.6 Å². The van der Waals surface area contributed by atoms with Gasteiger partial charge < -0.3 is 9.80 Å². The molecule has 0 radical (unpaired) electrons. The van der Waals surface area contributed by atoms with Gasteiger partial charge in [0.2, 0.25) is 5.91 Å². The lowest BCUT2D eigenvalue weighted by Gasteiger charge is -2.37. The predicted molar refractivity (Wildman–Crippen MR) is 103 cm³/mol. The summed E-state index contributed by atoms with van der Waals surface area (Å²) < 4.78 is 0. The molecule has 26 heavy (non-hydrogen) atoms. The number of carbonyl (C=O) groups excluding carboxylic acids is 2. The van der Waals surface area contributed by atoms with E-state index in [2.05, 4.69) is 4.98 Å². The monoisotopic (exact) mass is 371 g/mol. The van der Waals surface area contributed by atoms with Gasteiger partial charge >= 0.3 is 0 Å². The Morgan fingerprint density at radius 3 is 2.73 bits per heavy atom. The van der Waals surface area contributed by atoms with E-state index in [0.717, 1.165) is 31.4 Å². The number of likely N-dealkylation sites (tertiary alicyclic amines) is 1. The number of carbonyl (C=O) groups is 2. The van der Waals surface area contributed by atoms with Gasteiger partial charge in [-0.25, -0.2) is 4.98 Å². The van der Waals surface area contributed by atoms with Gasteiger partial charge in [-0.3, -0.25) is 9.59 Å². The summed E-state index contributed by atoms with van der Waals surface area (Å²) in [5.41, 5.74) is 3.53. The Hall–Kier alpha value is -2.21. The number of rotatable bonds is 5. The highest BCUT2D eigenvalue weighted by atomic mass is 32.1. The lowest BCUT2D eigenvalue weighted by Crippen LogP contribution is -2.52. The first kappa shape index (κ1) is 18.6. The minimum absolute atomic E-state index is 0.0381. The van der Waals surface area contributed by atoms with Gasteiger partial charge in [0.15, 0.2) is 0 Å². The summed E-state index contributed by atoms with van der Waals surface area (Å²) in [5, 5.41) is 0. The third-order valence-corrected chi connectivity index (χ3v) is 5.96. The highest BCUT2D eigenvalue weighted by Gasteiger charge is 2.34. The molecule has 1 atom stereocenters. The molecule has 1 aromatic carbocycles. The fourth-order valence-corrected chi connectivity index (χ4v) is 4.15. The molecular formula is C20H25N3O2S. The molecule has 2 amide bonds. The fourth-order valence-electron chi connectivity index (χ4n) is 3.38. The molecule has 1 saturated heterocycles. The minimum Gasteiger partial charge on any atom is -0.344 e. The summed E-state index contributed by atoms with van der Waals surface area (Å²) in [4.78, 5) is 34.9. The molecule has 1 aromatic heterocycles. The summed E-state index contributed by atoms with van der Waals surface area (Å²) in [6.45, 7) is 3.28. The highest BCUT2D eigenvalue weighted by Crippen LogP contribution is 2.22. The van der Waals surface area contributed by atoms with Crippen molar-refractivity contribution in [1.82, 2.24) is 14.8 Å². The van der Waals surface area contributed by atoms with Crippen molar-refractivity contribution in [3.63, 3.8) is 0 Å². The zero-order chi connectivity index (χ0) is 18.5. The molecule has 1 fully saturated rings. The first-order chi connectivity index (χ1) is 12.6. The standard InChI is InChI=1S/C20H25N3O2S/c1-15-18(26-14-21-15)11-13-22(2)20(25)17-10-6-7-12-23(17)19(24)16-8-4-3-5-9-16/h3-5,8-9,14,17H,6-7,10-13H2,1-2H3/t17-/m0/s1. The molecule has 3 rings (SSSR count). The molecule has 6 heteroatoms. The smallest absolute Gasteiger partial charge is 0.254 e. The number of likely N-dealkylation sites (N-methyl/N-ethyl adjacent to an activating group) is 1. The van der Waals surface area contributed by atoms with Crippen LogP contribution in [0.15, 0.2) is 35.8 Å². The van der Waals surface area contributed by atoms with Crippen LogP contribution in [-0.2, 0) is 11.2 Å². The molecule has 5 nitrogen and oxygen atoms in total. The molecule has 2 heterocycles. The van der Waals surface area contributed by atoms with Crippen LogP contribution in [0, 0.1) is 6.92 Å². The van der Waals surface area contributed by atoms with Gasteiger partial charge in [0.25, 0.3) is 5.91 Å². The third-order valence-electron chi connectivity index (χ3n) is 4.96. The van der Waals surface area contributed by atoms with Gasteiger partial charge in [0.1, 0.15) is 6.04 Å². The lowest BCUT2D eigenvalue weighted by atomic mass is 9.99. The number of nitrogens with zero attached hydrogens (tertiary/aromatic N) is 3. The van der Waals surface area contributed by atoms with Gasteiger partial charge in [-0.2, -0.15) is 0 Å². The number of hydrogen-bond donors (Lipinski definition) is 0. The van der Waals surface area contributed by atoms with Gasteiger partial charge in [0.05, 0.1) is 11.2 Å². The summed E-state index contributed by atoms with van der Waals surface area (Å²) in [6.07, 6.45) is 3.47. The van der Waals surface area contributed by atoms with Gasteiger partial charge in [-0.1, -0.05) is 18.2 Å². The van der Waals surface area contributed by atoms with Crippen LogP contribution >= 0.6 is 11.3 Å². The van der Waals surface area contributed by atoms with E-state index in [0.29, 0.717) is 18.7 Å². The second kappa shape index (κ2) is 8.45. The number of hydrogen-bond acceptors (Lipinski definition) is 4. The second-order valence-electron chi connectivity index (χ2n) is 6.75. The number of aryl methyl sites for hydroxylation is 1. The Kier molecular flexibility index (Phi) is 6.04. The van der Waals surface area contributed by atoms with Crippen molar-refractivity contribution in [2.75, 3.05) is 20.1 Å². The molecule has 2 aromatic rings. The SMILES string of the molecule is Cc1ncsc1CCN(C)C(=O)[C@@H]1CCCCN1C(=O)c1ccccc1. The number of aromatic nitrogens is 1. The van der Waals surface area contributed by atoms with E-state index in [4.69, 9.17) is 0 Å². The maximum Gasteiger partial charge on any atom is 0.254 e. The molecule has 0 N–H and O–H groups in total. The van der Waals surface area contributed by atoms with Crippen LogP contribution in [0.4, 0.5) is 0 Å². The quantitative estimate of drug-likeness (QED) is 0.811. The minimum atomic E-state index is -0.357. The first-order valence-corrected chi connectivity index (χ1v) is 9.96. The van der Waals surface area contributed by atoms with Crippen LogP contribution in [0.25, 0.3) is 0 Å². The molecule has 0 saturated carbocycles. The maximum atomic E-state index is 13.0. The average Bonchev–Trinajstić information content (AvgIpc) is 3.10. The van der Waals surface area contributed by atoms with Crippen LogP contribution in [0.3, 0.4) is 0 Å². The Morgan fingerprint density at radius 1 is 1.27 bits per heavy atom. The Labute approximate surface area is 158 Å². The van der Waals surface area contributed by atoms with Crippen molar-refractivity contribution in [3.8, 4) is 0 Å². The van der Waals surface area contributed by atoms with Crippen LogP contribution in [0.2, 0.25) is 0 Å². The van der Waals surface area contributed by atoms with Crippen LogP contribution in [-0.4, -0.2) is 52.8 Å². The van der Waals surface area contributed by atoms with Crippen molar-refractivity contribution in [2.24, 2.45) is 0 Å². The van der Waals surface area contributed by atoms with Crippen molar-refractivity contribution in [1.29, 1.82) is 0 Å². The first-order valence-electron chi connectivity index (χ1n) is 9.08. The van der Waals surface area contributed by atoms with E-state index >= 15 is 0 Å². The Bertz CT molecular complexity index is 759. The summed E-state index contributed by atoms with van der Waals surface area (Å²) in [7, 11) is 1.83. The number of benzene rings is 1. The molecule has 1 aliphatic rings. The molecule has 0 spiro atoms. The van der Waals surface area contributed by atoms with Crippen LogP contribution < -0.4 is 0 Å². The normalized spacial score (nSPS) is 17.2. The topological polar surface area (TPSA) is 53.5 Å². The van der Waals surface area contributed by atoms with Gasteiger partial charge in [0, 0.05) is 37.0 Å².